The molecule has 0 spiro atoms. The van der Waals surface area contributed by atoms with Crippen LogP contribution >= 0.6 is 12.2 Å². The van der Waals surface area contributed by atoms with Crippen molar-refractivity contribution < 1.29 is 0 Å². The maximum absolute atomic E-state index is 5.11. The van der Waals surface area contributed by atoms with Crippen molar-refractivity contribution in [3.05, 3.63) is 21.7 Å². The van der Waals surface area contributed by atoms with Gasteiger partial charge in [0.15, 0.2) is 4.77 Å². The van der Waals surface area contributed by atoms with Gasteiger partial charge < -0.3 is 10.3 Å². The summed E-state index contributed by atoms with van der Waals surface area (Å²) in [7, 11) is 0. The van der Waals surface area contributed by atoms with Gasteiger partial charge in [-0.3, -0.25) is 0 Å². The molecular weight excluding hydrogens is 194 g/mol. The van der Waals surface area contributed by atoms with Gasteiger partial charge in [0.05, 0.1) is 5.69 Å². The zero-order valence-corrected chi connectivity index (χ0v) is 9.37. The second-order valence-corrected chi connectivity index (χ2v) is 4.35. The Kier molecular flexibility index (Phi) is 2.65. The fraction of sp³-hybridized carbons (Fsp3) is 0.600. The van der Waals surface area contributed by atoms with E-state index in [9.17, 15) is 0 Å². The molecule has 1 aliphatic rings. The Morgan fingerprint density at radius 3 is 2.93 bits per heavy atom. The Hall–Kier alpha value is -0.740. The van der Waals surface area contributed by atoms with Gasteiger partial charge in [0.2, 0.25) is 0 Å². The number of fused-ring (bicyclic) bond motifs is 1. The predicted octanol–water partition coefficient (Wildman–Crippen LogP) is 1.91. The first-order valence-corrected chi connectivity index (χ1v) is 5.42. The van der Waals surface area contributed by atoms with Crippen LogP contribution in [0.2, 0.25) is 0 Å². The van der Waals surface area contributed by atoms with Crippen LogP contribution < -0.4 is 5.32 Å². The van der Waals surface area contributed by atoms with Gasteiger partial charge in [-0.2, -0.15) is 0 Å². The zero-order valence-electron chi connectivity index (χ0n) is 8.55. The molecule has 0 aliphatic carbocycles. The highest BCUT2D eigenvalue weighted by atomic mass is 32.1. The predicted molar refractivity (Wildman–Crippen MR) is 58.9 cm³/mol. The summed E-state index contributed by atoms with van der Waals surface area (Å²) in [6, 6.07) is 0. The smallest absolute Gasteiger partial charge is 0.197 e. The van der Waals surface area contributed by atoms with Gasteiger partial charge in [0.1, 0.15) is 0 Å². The second-order valence-electron chi connectivity index (χ2n) is 3.97. The molecule has 0 fully saturated rings. The van der Waals surface area contributed by atoms with Crippen molar-refractivity contribution >= 4 is 12.2 Å². The molecule has 14 heavy (non-hydrogen) atoms. The van der Waals surface area contributed by atoms with E-state index < -0.39 is 0 Å². The minimum atomic E-state index is 0.457. The lowest BCUT2D eigenvalue weighted by atomic mass is 9.98. The highest BCUT2D eigenvalue weighted by molar-refractivity contribution is 7.71. The van der Waals surface area contributed by atoms with Crippen LogP contribution in [0, 0.1) is 4.77 Å². The van der Waals surface area contributed by atoms with E-state index in [2.05, 4.69) is 29.1 Å². The number of H-pyrrole nitrogens is 1. The van der Waals surface area contributed by atoms with Crippen LogP contribution in [0.1, 0.15) is 36.7 Å². The molecule has 2 heterocycles. The van der Waals surface area contributed by atoms with E-state index in [0.717, 1.165) is 19.5 Å². The van der Waals surface area contributed by atoms with Gasteiger partial charge in [-0.25, -0.2) is 4.98 Å². The number of hydrogen-bond donors (Lipinski definition) is 2. The van der Waals surface area contributed by atoms with Crippen molar-refractivity contribution in [1.29, 1.82) is 0 Å². The molecule has 1 aromatic rings. The molecule has 0 saturated heterocycles. The summed E-state index contributed by atoms with van der Waals surface area (Å²) in [6.45, 7) is 6.26. The molecule has 2 rings (SSSR count). The van der Waals surface area contributed by atoms with Crippen LogP contribution in [0.25, 0.3) is 0 Å². The molecule has 2 N–H and O–H groups in total. The monoisotopic (exact) mass is 209 g/mol. The first-order chi connectivity index (χ1) is 6.68. The van der Waals surface area contributed by atoms with Crippen molar-refractivity contribution in [2.45, 2.75) is 32.7 Å². The van der Waals surface area contributed by atoms with E-state index in [0.29, 0.717) is 10.7 Å². The third kappa shape index (κ3) is 1.72. The van der Waals surface area contributed by atoms with Crippen LogP contribution in [-0.4, -0.2) is 16.5 Å². The van der Waals surface area contributed by atoms with Gasteiger partial charge >= 0.3 is 0 Å². The first kappa shape index (κ1) is 9.80. The number of aromatic nitrogens is 2. The van der Waals surface area contributed by atoms with Crippen LogP contribution in [0.5, 0.6) is 0 Å². The summed E-state index contributed by atoms with van der Waals surface area (Å²) in [5.41, 5.74) is 3.76. The van der Waals surface area contributed by atoms with E-state index >= 15 is 0 Å². The molecule has 0 unspecified atom stereocenters. The second kappa shape index (κ2) is 3.79. The SMILES string of the molecule is CC(C)c1nc(=S)[nH]c2c1CCNC2. The fourth-order valence-electron chi connectivity index (χ4n) is 1.90. The van der Waals surface area contributed by atoms with Crippen molar-refractivity contribution in [2.75, 3.05) is 6.54 Å². The highest BCUT2D eigenvalue weighted by Crippen LogP contribution is 2.21. The van der Waals surface area contributed by atoms with Gasteiger partial charge in [0.25, 0.3) is 0 Å². The first-order valence-electron chi connectivity index (χ1n) is 5.01. The van der Waals surface area contributed by atoms with E-state index in [4.69, 9.17) is 12.2 Å². The Morgan fingerprint density at radius 2 is 2.21 bits per heavy atom. The maximum atomic E-state index is 5.11. The summed E-state index contributed by atoms with van der Waals surface area (Å²) >= 11 is 5.11. The lowest BCUT2D eigenvalue weighted by Crippen LogP contribution is -2.26. The minimum Gasteiger partial charge on any atom is -0.333 e. The average Bonchev–Trinajstić information content (AvgIpc) is 2.16. The van der Waals surface area contributed by atoms with E-state index in [1.807, 2.05) is 0 Å². The summed E-state index contributed by atoms with van der Waals surface area (Å²) in [5, 5.41) is 3.33. The number of hydrogen-bond acceptors (Lipinski definition) is 3. The van der Waals surface area contributed by atoms with Crippen LogP contribution in [0.3, 0.4) is 0 Å². The van der Waals surface area contributed by atoms with E-state index in [1.165, 1.54) is 17.0 Å². The molecule has 0 radical (unpaired) electrons. The maximum Gasteiger partial charge on any atom is 0.197 e. The lowest BCUT2D eigenvalue weighted by Gasteiger charge is -2.20. The standard InChI is InChI=1S/C10H15N3S/c1-6(2)9-7-3-4-11-5-8(7)12-10(14)13-9/h6,11H,3-5H2,1-2H3,(H,12,13,14). The quantitative estimate of drug-likeness (QED) is 0.694. The molecule has 0 bridgehead atoms. The van der Waals surface area contributed by atoms with Crippen LogP contribution in [0.4, 0.5) is 0 Å². The fourth-order valence-corrected chi connectivity index (χ4v) is 2.12. The largest absolute Gasteiger partial charge is 0.333 e. The Morgan fingerprint density at radius 1 is 1.43 bits per heavy atom. The van der Waals surface area contributed by atoms with Crippen molar-refractivity contribution in [3.8, 4) is 0 Å². The summed E-state index contributed by atoms with van der Waals surface area (Å²) in [4.78, 5) is 7.58. The molecule has 0 saturated carbocycles. The molecule has 76 valence electrons. The normalized spacial score (nSPS) is 15.6. The minimum absolute atomic E-state index is 0.457. The highest BCUT2D eigenvalue weighted by Gasteiger charge is 2.16. The number of aromatic amines is 1. The van der Waals surface area contributed by atoms with Crippen molar-refractivity contribution in [1.82, 2.24) is 15.3 Å². The van der Waals surface area contributed by atoms with Crippen molar-refractivity contribution in [2.24, 2.45) is 0 Å². The van der Waals surface area contributed by atoms with Gasteiger partial charge in [-0.05, 0) is 36.7 Å². The van der Waals surface area contributed by atoms with Crippen molar-refractivity contribution in [3.63, 3.8) is 0 Å². The summed E-state index contributed by atoms with van der Waals surface area (Å²) in [5.74, 6) is 0.457. The Balaban J connectivity index is 2.58. The number of nitrogens with zero attached hydrogens (tertiary/aromatic N) is 1. The van der Waals surface area contributed by atoms with Gasteiger partial charge in [-0.15, -0.1) is 0 Å². The topological polar surface area (TPSA) is 40.7 Å². The van der Waals surface area contributed by atoms with E-state index in [-0.39, 0.29) is 0 Å². The number of nitrogens with one attached hydrogen (secondary N) is 2. The third-order valence-corrected chi connectivity index (χ3v) is 2.75. The Labute approximate surface area is 89.0 Å². The third-order valence-electron chi connectivity index (χ3n) is 2.55. The Bertz CT molecular complexity index is 395. The molecule has 0 aromatic carbocycles. The molecule has 1 aromatic heterocycles. The average molecular weight is 209 g/mol. The zero-order chi connectivity index (χ0) is 10.1. The van der Waals surface area contributed by atoms with E-state index in [1.54, 1.807) is 0 Å². The molecule has 1 aliphatic heterocycles. The van der Waals surface area contributed by atoms with Crippen LogP contribution in [0.15, 0.2) is 0 Å². The summed E-state index contributed by atoms with van der Waals surface area (Å²) in [6.07, 6.45) is 1.06. The lowest BCUT2D eigenvalue weighted by molar-refractivity contribution is 0.606. The molecule has 0 amide bonds. The molecular formula is C10H15N3S. The molecule has 3 nitrogen and oxygen atoms in total. The van der Waals surface area contributed by atoms with Gasteiger partial charge in [-0.1, -0.05) is 13.8 Å². The summed E-state index contributed by atoms with van der Waals surface area (Å²) < 4.78 is 0.608. The number of rotatable bonds is 1. The van der Waals surface area contributed by atoms with Gasteiger partial charge in [0, 0.05) is 12.2 Å². The molecule has 0 atom stereocenters. The van der Waals surface area contributed by atoms with Crippen LogP contribution in [-0.2, 0) is 13.0 Å². The molecule has 4 heteroatoms.